The van der Waals surface area contributed by atoms with Gasteiger partial charge in [-0.25, -0.2) is 0 Å². The molecule has 1 aromatic carbocycles. The highest BCUT2D eigenvalue weighted by molar-refractivity contribution is 5.96. The number of para-hydroxylation sites is 1. The summed E-state index contributed by atoms with van der Waals surface area (Å²) in [5.41, 5.74) is 2.44. The number of pyridine rings is 1. The number of carbonyl (C=O) groups is 1. The lowest BCUT2D eigenvalue weighted by molar-refractivity contribution is -0.384. The number of nitro benzene ring substituents is 1. The molecule has 1 atom stereocenters. The number of anilines is 2. The van der Waals surface area contributed by atoms with E-state index in [0.29, 0.717) is 24.3 Å². The maximum atomic E-state index is 12.9. The van der Waals surface area contributed by atoms with Crippen LogP contribution in [0.15, 0.2) is 54.9 Å². The van der Waals surface area contributed by atoms with Crippen LogP contribution in [0.3, 0.4) is 0 Å². The predicted octanol–water partition coefficient (Wildman–Crippen LogP) is 3.61. The summed E-state index contributed by atoms with van der Waals surface area (Å²) in [6, 6.07) is 12.3. The third kappa shape index (κ3) is 4.50. The first-order valence-corrected chi connectivity index (χ1v) is 10.1. The van der Waals surface area contributed by atoms with Crippen LogP contribution in [-0.4, -0.2) is 39.1 Å². The van der Waals surface area contributed by atoms with E-state index in [4.69, 9.17) is 0 Å². The molecule has 158 valence electrons. The number of hydrogen-bond acceptors (Lipinski definition) is 7. The van der Waals surface area contributed by atoms with Crippen molar-refractivity contribution in [1.82, 2.24) is 15.2 Å². The van der Waals surface area contributed by atoms with Crippen LogP contribution in [0.4, 0.5) is 17.2 Å². The molecule has 2 aromatic heterocycles. The number of piperidine rings is 1. The lowest BCUT2D eigenvalue weighted by Gasteiger charge is -2.32. The van der Waals surface area contributed by atoms with Gasteiger partial charge >= 0.3 is 0 Å². The van der Waals surface area contributed by atoms with E-state index in [1.54, 1.807) is 31.5 Å². The van der Waals surface area contributed by atoms with Crippen molar-refractivity contribution in [3.63, 3.8) is 0 Å². The van der Waals surface area contributed by atoms with Gasteiger partial charge in [-0.15, -0.1) is 10.2 Å². The van der Waals surface area contributed by atoms with Crippen LogP contribution in [0.5, 0.6) is 0 Å². The number of nitrogens with one attached hydrogen (secondary N) is 1. The van der Waals surface area contributed by atoms with Crippen molar-refractivity contribution in [3.05, 3.63) is 70.5 Å². The molecule has 0 aliphatic carbocycles. The van der Waals surface area contributed by atoms with Crippen molar-refractivity contribution in [3.8, 4) is 11.3 Å². The summed E-state index contributed by atoms with van der Waals surface area (Å²) in [4.78, 5) is 29.9. The lowest BCUT2D eigenvalue weighted by atomic mass is 9.96. The van der Waals surface area contributed by atoms with E-state index < -0.39 is 4.92 Å². The summed E-state index contributed by atoms with van der Waals surface area (Å²) in [7, 11) is 0. The second-order valence-corrected chi connectivity index (χ2v) is 7.52. The molecule has 0 radical (unpaired) electrons. The number of hydrogen-bond donors (Lipinski definition) is 1. The summed E-state index contributed by atoms with van der Waals surface area (Å²) in [5.74, 6) is 0.182. The van der Waals surface area contributed by atoms with E-state index >= 15 is 0 Å². The van der Waals surface area contributed by atoms with Crippen LogP contribution in [0, 0.1) is 23.0 Å². The van der Waals surface area contributed by atoms with Crippen LogP contribution in [0.2, 0.25) is 0 Å². The monoisotopic (exact) mass is 418 g/mol. The van der Waals surface area contributed by atoms with Crippen molar-refractivity contribution < 1.29 is 9.72 Å². The van der Waals surface area contributed by atoms with Crippen LogP contribution in [0.25, 0.3) is 11.3 Å². The smallest absolute Gasteiger partial charge is 0.293 e. The predicted molar refractivity (Wildman–Crippen MR) is 117 cm³/mol. The Balaban J connectivity index is 1.47. The molecule has 3 heterocycles. The van der Waals surface area contributed by atoms with E-state index in [2.05, 4.69) is 20.5 Å². The first-order chi connectivity index (χ1) is 15.0. The number of amides is 1. The Morgan fingerprint density at radius 2 is 2.06 bits per heavy atom. The van der Waals surface area contributed by atoms with Gasteiger partial charge in [-0.1, -0.05) is 12.1 Å². The average Bonchev–Trinajstić information content (AvgIpc) is 2.81. The molecular formula is C22H22N6O3. The van der Waals surface area contributed by atoms with Crippen molar-refractivity contribution in [1.29, 1.82) is 0 Å². The molecule has 1 fully saturated rings. The first kappa shape index (κ1) is 20.4. The van der Waals surface area contributed by atoms with Crippen molar-refractivity contribution in [2.75, 3.05) is 23.3 Å². The van der Waals surface area contributed by atoms with Crippen molar-refractivity contribution >= 4 is 23.1 Å². The minimum absolute atomic E-state index is 0.0992. The fourth-order valence-electron chi connectivity index (χ4n) is 3.75. The molecule has 3 aromatic rings. The molecule has 9 heteroatoms. The fourth-order valence-corrected chi connectivity index (χ4v) is 3.75. The van der Waals surface area contributed by atoms with Crippen molar-refractivity contribution in [2.45, 2.75) is 19.8 Å². The maximum absolute atomic E-state index is 12.9. The first-order valence-electron chi connectivity index (χ1n) is 10.1. The third-order valence-corrected chi connectivity index (χ3v) is 5.42. The van der Waals surface area contributed by atoms with Gasteiger partial charge in [-0.3, -0.25) is 19.9 Å². The van der Waals surface area contributed by atoms with Gasteiger partial charge in [0.15, 0.2) is 5.82 Å². The van der Waals surface area contributed by atoms with Crippen LogP contribution in [-0.2, 0) is 4.79 Å². The van der Waals surface area contributed by atoms with Gasteiger partial charge in [0.05, 0.1) is 16.5 Å². The number of aromatic nitrogens is 3. The zero-order chi connectivity index (χ0) is 21.8. The number of benzene rings is 1. The molecule has 1 unspecified atom stereocenters. The topological polar surface area (TPSA) is 114 Å². The molecule has 0 spiro atoms. The summed E-state index contributed by atoms with van der Waals surface area (Å²) < 4.78 is 0. The molecule has 0 bridgehead atoms. The molecule has 4 rings (SSSR count). The molecule has 9 nitrogen and oxygen atoms in total. The van der Waals surface area contributed by atoms with E-state index in [-0.39, 0.29) is 23.2 Å². The number of aryl methyl sites for hydroxylation is 1. The maximum Gasteiger partial charge on any atom is 0.293 e. The van der Waals surface area contributed by atoms with Gasteiger partial charge < -0.3 is 10.2 Å². The Labute approximate surface area is 179 Å². The zero-order valence-corrected chi connectivity index (χ0v) is 17.1. The molecule has 0 saturated carbocycles. The van der Waals surface area contributed by atoms with Gasteiger partial charge in [0.2, 0.25) is 5.91 Å². The minimum atomic E-state index is -0.477. The normalized spacial score (nSPS) is 16.0. The second kappa shape index (κ2) is 8.86. The third-order valence-electron chi connectivity index (χ3n) is 5.42. The Hall–Kier alpha value is -3.88. The Bertz CT molecular complexity index is 1090. The number of nitrogens with zero attached hydrogens (tertiary/aromatic N) is 5. The summed E-state index contributed by atoms with van der Waals surface area (Å²) in [5, 5.41) is 22.7. The lowest BCUT2D eigenvalue weighted by Crippen LogP contribution is -2.41. The SMILES string of the molecule is Cc1cccc([N+](=O)[O-])c1NC(=O)C1CCCN(c2ccc(-c3cccnc3)nn2)C1. The van der Waals surface area contributed by atoms with Gasteiger partial charge in [0.25, 0.3) is 5.69 Å². The van der Waals surface area contributed by atoms with Crippen molar-refractivity contribution in [2.24, 2.45) is 5.92 Å². The number of carbonyl (C=O) groups excluding carboxylic acids is 1. The standard InChI is InChI=1S/C22H22N6O3/c1-15-5-2-8-19(28(30)31)21(15)24-22(29)17-7-4-12-27(14-17)20-10-9-18(25-26-20)16-6-3-11-23-13-16/h2-3,5-6,8-11,13,17H,4,7,12,14H2,1H3,(H,24,29). The average molecular weight is 418 g/mol. The number of rotatable bonds is 5. The molecule has 1 amide bonds. The van der Waals surface area contributed by atoms with Crippen LogP contribution in [0.1, 0.15) is 18.4 Å². The van der Waals surface area contributed by atoms with E-state index in [1.807, 2.05) is 29.2 Å². The summed E-state index contributed by atoms with van der Waals surface area (Å²) in [6.45, 7) is 3.00. The molecule has 1 aliphatic rings. The Morgan fingerprint density at radius 1 is 1.19 bits per heavy atom. The summed E-state index contributed by atoms with van der Waals surface area (Å²) >= 11 is 0. The molecule has 1 aliphatic heterocycles. The highest BCUT2D eigenvalue weighted by atomic mass is 16.6. The summed E-state index contributed by atoms with van der Waals surface area (Å²) in [6.07, 6.45) is 4.97. The van der Waals surface area contributed by atoms with E-state index in [9.17, 15) is 14.9 Å². The van der Waals surface area contributed by atoms with Gasteiger partial charge in [-0.05, 0) is 49.6 Å². The molecule has 1 N–H and O–H groups in total. The zero-order valence-electron chi connectivity index (χ0n) is 17.1. The van der Waals surface area contributed by atoms with Gasteiger partial charge in [0, 0.05) is 37.1 Å². The molecular weight excluding hydrogens is 396 g/mol. The quantitative estimate of drug-likeness (QED) is 0.497. The second-order valence-electron chi connectivity index (χ2n) is 7.52. The highest BCUT2D eigenvalue weighted by Gasteiger charge is 2.28. The Morgan fingerprint density at radius 3 is 2.77 bits per heavy atom. The number of nitro groups is 1. The van der Waals surface area contributed by atoms with Gasteiger partial charge in [0.1, 0.15) is 5.69 Å². The van der Waals surface area contributed by atoms with Crippen LogP contribution >= 0.6 is 0 Å². The molecule has 1 saturated heterocycles. The Kier molecular flexibility index (Phi) is 5.83. The highest BCUT2D eigenvalue weighted by Crippen LogP contribution is 2.30. The van der Waals surface area contributed by atoms with Crippen LogP contribution < -0.4 is 10.2 Å². The fraction of sp³-hybridized carbons (Fsp3) is 0.273. The minimum Gasteiger partial charge on any atom is -0.354 e. The van der Waals surface area contributed by atoms with E-state index in [0.717, 1.165) is 24.2 Å². The van der Waals surface area contributed by atoms with Gasteiger partial charge in [-0.2, -0.15) is 0 Å². The molecule has 31 heavy (non-hydrogen) atoms. The largest absolute Gasteiger partial charge is 0.354 e. The van der Waals surface area contributed by atoms with E-state index in [1.165, 1.54) is 6.07 Å².